The van der Waals surface area contributed by atoms with Crippen molar-refractivity contribution in [3.05, 3.63) is 117 Å². The van der Waals surface area contributed by atoms with Crippen molar-refractivity contribution in [2.45, 2.75) is 33.4 Å². The summed E-state index contributed by atoms with van der Waals surface area (Å²) in [5, 5.41) is 15.6. The van der Waals surface area contributed by atoms with E-state index in [4.69, 9.17) is 11.6 Å². The van der Waals surface area contributed by atoms with Crippen LogP contribution < -0.4 is 0 Å². The van der Waals surface area contributed by atoms with Crippen LogP contribution in [0.3, 0.4) is 0 Å². The van der Waals surface area contributed by atoms with Gasteiger partial charge in [-0.3, -0.25) is 0 Å². The van der Waals surface area contributed by atoms with E-state index in [0.717, 1.165) is 10.6 Å². The van der Waals surface area contributed by atoms with E-state index in [2.05, 4.69) is 69.3 Å². The van der Waals surface area contributed by atoms with E-state index < -0.39 is 0 Å². The lowest BCUT2D eigenvalue weighted by Gasteiger charge is -2.35. The molecule has 0 bridgehead atoms. The van der Waals surface area contributed by atoms with Gasteiger partial charge in [0, 0.05) is 5.02 Å². The Morgan fingerprint density at radius 2 is 1.43 bits per heavy atom. The van der Waals surface area contributed by atoms with E-state index in [1.807, 2.05) is 30.3 Å². The number of hydrogen-bond acceptors (Lipinski definition) is 2. The minimum Gasteiger partial charge on any atom is -0.313 e. The van der Waals surface area contributed by atoms with Crippen LogP contribution in [0.25, 0.3) is 10.8 Å². The fourth-order valence-electron chi connectivity index (χ4n) is 4.19. The molecular weight excluding hydrogens is 390 g/mol. The molecular formula is C27H26ClNO. The molecule has 0 aromatic heterocycles. The van der Waals surface area contributed by atoms with E-state index in [-0.39, 0.29) is 6.04 Å². The van der Waals surface area contributed by atoms with E-state index in [1.165, 1.54) is 43.7 Å². The zero-order valence-electron chi connectivity index (χ0n) is 17.6. The van der Waals surface area contributed by atoms with Crippen molar-refractivity contribution in [2.75, 3.05) is 0 Å². The van der Waals surface area contributed by atoms with E-state index in [0.29, 0.717) is 6.54 Å². The van der Waals surface area contributed by atoms with Crippen LogP contribution in [-0.2, 0) is 6.54 Å². The van der Waals surface area contributed by atoms with Gasteiger partial charge in [0.1, 0.15) is 0 Å². The van der Waals surface area contributed by atoms with Crippen LogP contribution in [-0.4, -0.2) is 10.3 Å². The second-order valence-electron chi connectivity index (χ2n) is 7.96. The molecule has 5 rings (SSSR count). The smallest absolute Gasteiger partial charge is 0.0862 e. The molecule has 2 nitrogen and oxygen atoms in total. The lowest BCUT2D eigenvalue weighted by molar-refractivity contribution is -0.127. The van der Waals surface area contributed by atoms with E-state index >= 15 is 0 Å². The number of nitrogens with zero attached hydrogens (tertiary/aromatic N) is 1. The highest BCUT2D eigenvalue weighted by atomic mass is 35.5. The van der Waals surface area contributed by atoms with Crippen LogP contribution in [0.5, 0.6) is 0 Å². The van der Waals surface area contributed by atoms with Gasteiger partial charge >= 0.3 is 0 Å². The normalized spacial score (nSPS) is 15.6. The average molecular weight is 416 g/mol. The van der Waals surface area contributed by atoms with Crippen molar-refractivity contribution < 1.29 is 5.21 Å². The summed E-state index contributed by atoms with van der Waals surface area (Å²) >= 11 is 5.54. The van der Waals surface area contributed by atoms with Gasteiger partial charge in [-0.15, -0.1) is 0 Å². The summed E-state index contributed by atoms with van der Waals surface area (Å²) in [6.07, 6.45) is 0. The Bertz CT molecular complexity index is 1160. The zero-order valence-corrected chi connectivity index (χ0v) is 18.3. The molecule has 0 saturated carbocycles. The summed E-state index contributed by atoms with van der Waals surface area (Å²) in [6.45, 7) is 6.92. The topological polar surface area (TPSA) is 23.5 Å². The highest BCUT2D eigenvalue weighted by Crippen LogP contribution is 2.42. The van der Waals surface area contributed by atoms with E-state index in [1.54, 1.807) is 0 Å². The molecule has 30 heavy (non-hydrogen) atoms. The minimum absolute atomic E-state index is 0.103. The maximum Gasteiger partial charge on any atom is 0.0862 e. The molecule has 4 aromatic carbocycles. The first kappa shape index (κ1) is 20.6. The molecule has 0 spiro atoms. The Labute approximate surface area is 183 Å². The predicted molar refractivity (Wildman–Crippen MR) is 125 cm³/mol. The van der Waals surface area contributed by atoms with Crippen molar-refractivity contribution in [3.63, 3.8) is 0 Å². The van der Waals surface area contributed by atoms with Crippen molar-refractivity contribution >= 4 is 22.4 Å². The van der Waals surface area contributed by atoms with Crippen molar-refractivity contribution in [1.82, 2.24) is 5.06 Å². The summed E-state index contributed by atoms with van der Waals surface area (Å²) in [6, 6.07) is 26.5. The molecule has 4 aromatic rings. The number of hydroxylamine groups is 2. The third-order valence-electron chi connectivity index (χ3n) is 5.80. The number of rotatable bonds is 1. The molecule has 1 atom stereocenters. The molecule has 1 heterocycles. The lowest BCUT2D eigenvalue weighted by Crippen LogP contribution is -2.30. The maximum atomic E-state index is 10.8. The largest absolute Gasteiger partial charge is 0.313 e. The van der Waals surface area contributed by atoms with Crippen LogP contribution in [0.2, 0.25) is 5.02 Å². The van der Waals surface area contributed by atoms with Crippen LogP contribution in [0.4, 0.5) is 0 Å². The van der Waals surface area contributed by atoms with Crippen molar-refractivity contribution in [1.29, 1.82) is 0 Å². The third kappa shape index (κ3) is 3.99. The highest BCUT2D eigenvalue weighted by molar-refractivity contribution is 6.30. The maximum absolute atomic E-state index is 10.8. The summed E-state index contributed by atoms with van der Waals surface area (Å²) < 4.78 is 0. The van der Waals surface area contributed by atoms with Gasteiger partial charge in [-0.05, 0) is 71.5 Å². The fraction of sp³-hybridized carbons (Fsp3) is 0.185. The second-order valence-corrected chi connectivity index (χ2v) is 8.40. The van der Waals surface area contributed by atoms with Crippen LogP contribution in [0.1, 0.15) is 39.4 Å². The van der Waals surface area contributed by atoms with E-state index in [9.17, 15) is 5.21 Å². The van der Waals surface area contributed by atoms with Gasteiger partial charge in [0.05, 0.1) is 12.6 Å². The standard InChI is InChI=1S/C21H21NO.C6H5Cl/c1-13-4-8-17(9-5-13)21-19-15(3)7-11-16-10-6-14(2)18(20(16)19)12-22(21)23;7-6-4-2-1-3-5-6/h4-11,21,23H,12H2,1-3H3;1-5H. The third-order valence-corrected chi connectivity index (χ3v) is 6.06. The van der Waals surface area contributed by atoms with Gasteiger partial charge < -0.3 is 5.21 Å². The van der Waals surface area contributed by atoms with Crippen LogP contribution in [0.15, 0.2) is 78.9 Å². The summed E-state index contributed by atoms with van der Waals surface area (Å²) in [5.74, 6) is 0. The van der Waals surface area contributed by atoms with Crippen LogP contribution in [0, 0.1) is 20.8 Å². The zero-order chi connectivity index (χ0) is 21.3. The molecule has 1 unspecified atom stereocenters. The van der Waals surface area contributed by atoms with Crippen molar-refractivity contribution in [3.8, 4) is 0 Å². The Kier molecular flexibility index (Phi) is 5.92. The first-order valence-electron chi connectivity index (χ1n) is 10.2. The van der Waals surface area contributed by atoms with Gasteiger partial charge in [0.25, 0.3) is 0 Å². The summed E-state index contributed by atoms with van der Waals surface area (Å²) in [4.78, 5) is 0. The lowest BCUT2D eigenvalue weighted by atomic mass is 9.83. The van der Waals surface area contributed by atoms with Crippen LogP contribution >= 0.6 is 11.6 Å². The summed E-state index contributed by atoms with van der Waals surface area (Å²) in [7, 11) is 0. The van der Waals surface area contributed by atoms with Crippen molar-refractivity contribution in [2.24, 2.45) is 0 Å². The Morgan fingerprint density at radius 3 is 2.03 bits per heavy atom. The highest BCUT2D eigenvalue weighted by Gasteiger charge is 2.31. The Hall–Kier alpha value is -2.65. The minimum atomic E-state index is -0.103. The van der Waals surface area contributed by atoms with Gasteiger partial charge in [0.15, 0.2) is 0 Å². The van der Waals surface area contributed by atoms with Gasteiger partial charge in [-0.25, -0.2) is 0 Å². The molecule has 152 valence electrons. The number of benzene rings is 4. The first-order valence-corrected chi connectivity index (χ1v) is 10.6. The monoisotopic (exact) mass is 415 g/mol. The molecule has 0 saturated heterocycles. The first-order chi connectivity index (χ1) is 14.5. The number of aryl methyl sites for hydroxylation is 3. The molecule has 1 N–H and O–H groups in total. The van der Waals surface area contributed by atoms with Gasteiger partial charge in [0.2, 0.25) is 0 Å². The molecule has 0 amide bonds. The molecule has 1 aliphatic heterocycles. The second kappa shape index (κ2) is 8.61. The predicted octanol–water partition coefficient (Wildman–Crippen LogP) is 7.40. The fourth-order valence-corrected chi connectivity index (χ4v) is 4.33. The average Bonchev–Trinajstić information content (AvgIpc) is 2.74. The molecule has 0 fully saturated rings. The molecule has 1 aliphatic rings. The SMILES string of the molecule is Cc1ccc(C2c3c(C)ccc4ccc(C)c(c34)CN2O)cc1.Clc1ccccc1. The molecule has 0 aliphatic carbocycles. The Balaban J connectivity index is 0.000000265. The molecule has 0 radical (unpaired) electrons. The number of halogens is 1. The van der Waals surface area contributed by atoms with Gasteiger partial charge in [-0.1, -0.05) is 83.9 Å². The molecule has 3 heteroatoms. The quantitative estimate of drug-likeness (QED) is 0.350. The number of hydrogen-bond donors (Lipinski definition) is 1. The summed E-state index contributed by atoms with van der Waals surface area (Å²) in [5.41, 5.74) is 7.33. The van der Waals surface area contributed by atoms with Gasteiger partial charge in [-0.2, -0.15) is 5.06 Å². The Morgan fingerprint density at radius 1 is 0.800 bits per heavy atom.